The van der Waals surface area contributed by atoms with Gasteiger partial charge in [0, 0.05) is 24.3 Å². The molecule has 35 heavy (non-hydrogen) atoms. The summed E-state index contributed by atoms with van der Waals surface area (Å²) < 4.78 is 22.4. The summed E-state index contributed by atoms with van der Waals surface area (Å²) >= 11 is 0. The first kappa shape index (κ1) is 24.8. The highest BCUT2D eigenvalue weighted by Gasteiger charge is 2.37. The summed E-state index contributed by atoms with van der Waals surface area (Å²) in [6.45, 7) is 6.39. The molecule has 2 amide bonds. The summed E-state index contributed by atoms with van der Waals surface area (Å²) in [4.78, 5) is 28.9. The molecule has 0 spiro atoms. The summed E-state index contributed by atoms with van der Waals surface area (Å²) in [5.74, 6) is -1.34. The van der Waals surface area contributed by atoms with E-state index in [1.165, 1.54) is 15.6 Å². The molecule has 8 nitrogen and oxygen atoms in total. The average molecular weight is 482 g/mol. The number of ether oxygens (including phenoxy) is 1. The van der Waals surface area contributed by atoms with Crippen LogP contribution in [-0.4, -0.2) is 56.5 Å². The Kier molecular flexibility index (Phi) is 7.45. The first-order valence-electron chi connectivity index (χ1n) is 12.0. The minimum atomic E-state index is -1.16. The molecule has 0 bridgehead atoms. The van der Waals surface area contributed by atoms with E-state index in [0.29, 0.717) is 24.1 Å². The topological polar surface area (TPSA) is 89.4 Å². The number of halogens is 1. The Labute approximate surface area is 204 Å². The zero-order valence-electron chi connectivity index (χ0n) is 20.4. The van der Waals surface area contributed by atoms with Gasteiger partial charge in [-0.15, -0.1) is 5.10 Å². The Morgan fingerprint density at radius 2 is 1.97 bits per heavy atom. The van der Waals surface area contributed by atoms with Gasteiger partial charge in [-0.05, 0) is 51.3 Å². The van der Waals surface area contributed by atoms with Crippen molar-refractivity contribution >= 4 is 22.8 Å². The summed E-state index contributed by atoms with van der Waals surface area (Å²) in [5, 5.41) is 11.3. The van der Waals surface area contributed by atoms with E-state index in [-0.39, 0.29) is 30.7 Å². The molecule has 0 saturated carbocycles. The number of aromatic nitrogens is 3. The van der Waals surface area contributed by atoms with Crippen LogP contribution in [0.2, 0.25) is 0 Å². The molecular weight excluding hydrogens is 449 g/mol. The number of nitrogens with zero attached hydrogens (tertiary/aromatic N) is 4. The van der Waals surface area contributed by atoms with Crippen molar-refractivity contribution in [3.8, 4) is 0 Å². The van der Waals surface area contributed by atoms with Crippen molar-refractivity contribution < 1.29 is 18.7 Å². The number of benzene rings is 2. The van der Waals surface area contributed by atoms with E-state index in [9.17, 15) is 9.59 Å². The molecule has 1 fully saturated rings. The van der Waals surface area contributed by atoms with Gasteiger partial charge in [-0.3, -0.25) is 9.59 Å². The Morgan fingerprint density at radius 3 is 2.69 bits per heavy atom. The highest BCUT2D eigenvalue weighted by molar-refractivity contribution is 5.89. The number of hydrogen-bond donors (Lipinski definition) is 1. The van der Waals surface area contributed by atoms with Crippen molar-refractivity contribution in [3.05, 3.63) is 59.9 Å². The number of carbonyl (C=O) groups is 2. The van der Waals surface area contributed by atoms with E-state index in [2.05, 4.69) is 15.6 Å². The molecule has 1 saturated heterocycles. The van der Waals surface area contributed by atoms with E-state index in [4.69, 9.17) is 4.74 Å². The molecule has 2 atom stereocenters. The van der Waals surface area contributed by atoms with Crippen molar-refractivity contribution in [1.29, 1.82) is 0 Å². The summed E-state index contributed by atoms with van der Waals surface area (Å²) in [7, 11) is 0. The number of fused-ring (bicyclic) bond motifs is 1. The fraction of sp³-hybridized carbons (Fsp3) is 0.462. The molecule has 0 aliphatic carbocycles. The Bertz CT molecular complexity index is 1190. The molecule has 4 rings (SSSR count). The second kappa shape index (κ2) is 10.5. The average Bonchev–Trinajstić information content (AvgIpc) is 3.50. The predicted octanol–water partition coefficient (Wildman–Crippen LogP) is 3.62. The first-order chi connectivity index (χ1) is 16.8. The van der Waals surface area contributed by atoms with Gasteiger partial charge in [-0.2, -0.15) is 0 Å². The normalized spacial score (nSPS) is 16.9. The van der Waals surface area contributed by atoms with Gasteiger partial charge in [-0.25, -0.2) is 9.07 Å². The van der Waals surface area contributed by atoms with Crippen molar-refractivity contribution in [2.24, 2.45) is 0 Å². The Morgan fingerprint density at radius 1 is 1.23 bits per heavy atom. The maximum absolute atomic E-state index is 15.1. The third-order valence-electron chi connectivity index (χ3n) is 6.56. The Balaban J connectivity index is 1.72. The van der Waals surface area contributed by atoms with Crippen LogP contribution in [0.4, 0.5) is 4.39 Å². The van der Waals surface area contributed by atoms with Crippen LogP contribution in [0.5, 0.6) is 0 Å². The van der Waals surface area contributed by atoms with Gasteiger partial charge in [0.15, 0.2) is 0 Å². The van der Waals surface area contributed by atoms with Gasteiger partial charge in [0.25, 0.3) is 0 Å². The number of nitrogens with one attached hydrogen (secondary N) is 1. The quantitative estimate of drug-likeness (QED) is 0.504. The van der Waals surface area contributed by atoms with Gasteiger partial charge in [0.2, 0.25) is 11.8 Å². The third kappa shape index (κ3) is 5.67. The van der Waals surface area contributed by atoms with Crippen LogP contribution in [-0.2, 0) is 20.9 Å². The van der Waals surface area contributed by atoms with E-state index >= 15 is 4.39 Å². The lowest BCUT2D eigenvalue weighted by Crippen LogP contribution is -2.52. The first-order valence-corrected chi connectivity index (χ1v) is 12.0. The van der Waals surface area contributed by atoms with Crippen LogP contribution in [0, 0.1) is 5.82 Å². The fourth-order valence-corrected chi connectivity index (χ4v) is 4.25. The number of carbonyl (C=O) groups excluding carboxylic acids is 2. The van der Waals surface area contributed by atoms with E-state index in [1.807, 2.05) is 45.0 Å². The molecule has 1 aliphatic heterocycles. The summed E-state index contributed by atoms with van der Waals surface area (Å²) in [6, 6.07) is 12.3. The number of para-hydroxylation sites is 1. The molecule has 2 aromatic carbocycles. The van der Waals surface area contributed by atoms with Crippen molar-refractivity contribution in [1.82, 2.24) is 25.2 Å². The molecule has 186 valence electrons. The zero-order valence-corrected chi connectivity index (χ0v) is 20.4. The molecule has 0 radical (unpaired) electrons. The summed E-state index contributed by atoms with van der Waals surface area (Å²) in [6.07, 6.45) is 2.09. The maximum atomic E-state index is 15.1. The highest BCUT2D eigenvalue weighted by Crippen LogP contribution is 2.28. The predicted molar refractivity (Wildman–Crippen MR) is 130 cm³/mol. The standard InChI is InChI=1S/C26H32FN5O3/c1-4-26(2,3)28-25(34)24(19-11-5-6-12-20(19)27)31(16-18-10-9-15-35-18)23(33)17-32-22-14-8-7-13-21(22)29-30-32/h5-8,11-14,18,24H,4,9-10,15-17H2,1-3H3,(H,28,34)/t18-,24-/m0/s1. The van der Waals surface area contributed by atoms with Crippen LogP contribution in [0.25, 0.3) is 11.0 Å². The highest BCUT2D eigenvalue weighted by atomic mass is 19.1. The lowest BCUT2D eigenvalue weighted by atomic mass is 9.98. The molecule has 1 aliphatic rings. The SMILES string of the molecule is CCC(C)(C)NC(=O)[C@H](c1ccccc1F)N(C[C@@H]1CCCO1)C(=O)Cn1nnc2ccccc21. The van der Waals surface area contributed by atoms with Crippen molar-refractivity contribution in [3.63, 3.8) is 0 Å². The molecule has 1 N–H and O–H groups in total. The monoisotopic (exact) mass is 481 g/mol. The van der Waals surface area contributed by atoms with Crippen LogP contribution in [0.1, 0.15) is 51.6 Å². The summed E-state index contributed by atoms with van der Waals surface area (Å²) in [5.41, 5.74) is 0.990. The third-order valence-corrected chi connectivity index (χ3v) is 6.56. The number of hydrogen-bond acceptors (Lipinski definition) is 5. The number of rotatable bonds is 9. The Hall–Kier alpha value is -3.33. The minimum Gasteiger partial charge on any atom is -0.376 e. The van der Waals surface area contributed by atoms with E-state index in [0.717, 1.165) is 12.8 Å². The largest absolute Gasteiger partial charge is 0.376 e. The van der Waals surface area contributed by atoms with Crippen molar-refractivity contribution in [2.45, 2.75) is 64.3 Å². The van der Waals surface area contributed by atoms with E-state index < -0.39 is 23.3 Å². The van der Waals surface area contributed by atoms with Crippen molar-refractivity contribution in [2.75, 3.05) is 13.2 Å². The van der Waals surface area contributed by atoms with Gasteiger partial charge in [0.1, 0.15) is 23.9 Å². The fourth-order valence-electron chi connectivity index (χ4n) is 4.25. The molecule has 1 aromatic heterocycles. The van der Waals surface area contributed by atoms with Crippen LogP contribution < -0.4 is 5.32 Å². The zero-order chi connectivity index (χ0) is 25.0. The van der Waals surface area contributed by atoms with Crippen LogP contribution in [0.15, 0.2) is 48.5 Å². The smallest absolute Gasteiger partial charge is 0.247 e. The molecule has 3 aromatic rings. The lowest BCUT2D eigenvalue weighted by Gasteiger charge is -2.35. The van der Waals surface area contributed by atoms with Gasteiger partial charge in [0.05, 0.1) is 11.6 Å². The minimum absolute atomic E-state index is 0.136. The molecular formula is C26H32FN5O3. The van der Waals surface area contributed by atoms with E-state index in [1.54, 1.807) is 18.2 Å². The van der Waals surface area contributed by atoms with Crippen LogP contribution >= 0.6 is 0 Å². The van der Waals surface area contributed by atoms with Crippen LogP contribution in [0.3, 0.4) is 0 Å². The van der Waals surface area contributed by atoms with Gasteiger partial charge in [-0.1, -0.05) is 42.5 Å². The molecule has 9 heteroatoms. The van der Waals surface area contributed by atoms with Gasteiger partial charge >= 0.3 is 0 Å². The lowest BCUT2D eigenvalue weighted by molar-refractivity contribution is -0.144. The second-order valence-electron chi connectivity index (χ2n) is 9.57. The maximum Gasteiger partial charge on any atom is 0.247 e. The molecule has 2 heterocycles. The number of amides is 2. The second-order valence-corrected chi connectivity index (χ2v) is 9.57. The molecule has 0 unspecified atom stereocenters. The van der Waals surface area contributed by atoms with Gasteiger partial charge < -0.3 is 15.0 Å².